The van der Waals surface area contributed by atoms with Gasteiger partial charge in [-0.1, -0.05) is 30.3 Å². The Bertz CT molecular complexity index is 362. The van der Waals surface area contributed by atoms with Crippen LogP contribution in [0.25, 0.3) is 0 Å². The van der Waals surface area contributed by atoms with Crippen molar-refractivity contribution >= 4 is 0 Å². The van der Waals surface area contributed by atoms with Crippen molar-refractivity contribution in [2.75, 3.05) is 26.8 Å². The number of hydrogen-bond donors (Lipinski definition) is 1. The second-order valence-corrected chi connectivity index (χ2v) is 5.70. The van der Waals surface area contributed by atoms with Gasteiger partial charge < -0.3 is 15.4 Å². The van der Waals surface area contributed by atoms with Gasteiger partial charge in [-0.25, -0.2) is 0 Å². The van der Waals surface area contributed by atoms with Crippen molar-refractivity contribution in [3.05, 3.63) is 35.9 Å². The van der Waals surface area contributed by atoms with Crippen LogP contribution in [0, 0.1) is 5.92 Å². The van der Waals surface area contributed by atoms with Crippen molar-refractivity contribution in [3.8, 4) is 0 Å². The van der Waals surface area contributed by atoms with E-state index in [2.05, 4.69) is 43.1 Å². The first kappa shape index (κ1) is 14.5. The summed E-state index contributed by atoms with van der Waals surface area (Å²) in [6.45, 7) is 5.11. The van der Waals surface area contributed by atoms with Crippen LogP contribution in [0.5, 0.6) is 0 Å². The summed E-state index contributed by atoms with van der Waals surface area (Å²) < 4.78 is 5.55. The first-order valence-corrected chi connectivity index (χ1v) is 7.27. The first-order valence-electron chi connectivity index (χ1n) is 7.27. The minimum Gasteiger partial charge on any atom is -0.381 e. The van der Waals surface area contributed by atoms with Crippen LogP contribution in [0.2, 0.25) is 0 Å². The van der Waals surface area contributed by atoms with E-state index in [9.17, 15) is 0 Å². The summed E-state index contributed by atoms with van der Waals surface area (Å²) in [6, 6.07) is 10.8. The zero-order valence-electron chi connectivity index (χ0n) is 12.1. The lowest BCUT2D eigenvalue weighted by Crippen LogP contribution is -2.42. The Balaban J connectivity index is 1.89. The molecule has 0 saturated carbocycles. The topological polar surface area (TPSA) is 38.5 Å². The molecule has 3 heteroatoms. The third-order valence-electron chi connectivity index (χ3n) is 4.20. The molecule has 2 N–H and O–H groups in total. The monoisotopic (exact) mass is 262 g/mol. The second-order valence-electron chi connectivity index (χ2n) is 5.70. The van der Waals surface area contributed by atoms with E-state index in [0.717, 1.165) is 19.8 Å². The van der Waals surface area contributed by atoms with Crippen molar-refractivity contribution < 1.29 is 4.74 Å². The molecule has 2 rings (SSSR count). The number of benzene rings is 1. The fourth-order valence-corrected chi connectivity index (χ4v) is 2.75. The van der Waals surface area contributed by atoms with Crippen LogP contribution in [0.1, 0.15) is 31.4 Å². The maximum atomic E-state index is 6.37. The smallest absolute Gasteiger partial charge is 0.0506 e. The molecular weight excluding hydrogens is 236 g/mol. The normalized spacial score (nSPS) is 23.3. The lowest BCUT2D eigenvalue weighted by molar-refractivity contribution is 0.0355. The van der Waals surface area contributed by atoms with Gasteiger partial charge in [-0.15, -0.1) is 0 Å². The Hall–Kier alpha value is -0.900. The second kappa shape index (κ2) is 7.04. The Morgan fingerprint density at radius 3 is 2.74 bits per heavy atom. The van der Waals surface area contributed by atoms with Gasteiger partial charge in [0.05, 0.1) is 6.61 Å². The molecule has 1 fully saturated rings. The minimum absolute atomic E-state index is 0.0655. The van der Waals surface area contributed by atoms with Gasteiger partial charge >= 0.3 is 0 Å². The number of hydrogen-bond acceptors (Lipinski definition) is 3. The Morgan fingerprint density at radius 1 is 1.37 bits per heavy atom. The van der Waals surface area contributed by atoms with Gasteiger partial charge in [0.1, 0.15) is 0 Å². The molecule has 1 saturated heterocycles. The largest absolute Gasteiger partial charge is 0.381 e. The molecule has 19 heavy (non-hydrogen) atoms. The predicted molar refractivity (Wildman–Crippen MR) is 79.0 cm³/mol. The van der Waals surface area contributed by atoms with Crippen LogP contribution < -0.4 is 5.73 Å². The molecule has 1 aliphatic heterocycles. The quantitative estimate of drug-likeness (QED) is 0.885. The van der Waals surface area contributed by atoms with Gasteiger partial charge in [-0.3, -0.25) is 0 Å². The molecule has 3 unspecified atom stereocenters. The van der Waals surface area contributed by atoms with Gasteiger partial charge in [0.25, 0.3) is 0 Å². The summed E-state index contributed by atoms with van der Waals surface area (Å²) in [5.74, 6) is 0.657. The van der Waals surface area contributed by atoms with Crippen molar-refractivity contribution in [2.24, 2.45) is 11.7 Å². The fourth-order valence-electron chi connectivity index (χ4n) is 2.75. The van der Waals surface area contributed by atoms with E-state index in [1.54, 1.807) is 0 Å². The standard InChI is InChI=1S/C16H26N2O/c1-13(16(17)15-8-4-3-5-9-15)18(2)11-14-7-6-10-19-12-14/h3-5,8-9,13-14,16H,6-7,10-12,17H2,1-2H3. The van der Waals surface area contributed by atoms with E-state index in [1.807, 2.05) is 6.07 Å². The van der Waals surface area contributed by atoms with Crippen LogP contribution in [0.4, 0.5) is 0 Å². The minimum atomic E-state index is 0.0655. The third-order valence-corrected chi connectivity index (χ3v) is 4.20. The van der Waals surface area contributed by atoms with E-state index < -0.39 is 0 Å². The SMILES string of the molecule is CC(C(N)c1ccccc1)N(C)CC1CCCOC1. The molecule has 1 aromatic rings. The van der Waals surface area contributed by atoms with Crippen LogP contribution in [-0.4, -0.2) is 37.7 Å². The highest BCUT2D eigenvalue weighted by Gasteiger charge is 2.22. The zero-order valence-corrected chi connectivity index (χ0v) is 12.1. The lowest BCUT2D eigenvalue weighted by atomic mass is 9.97. The van der Waals surface area contributed by atoms with Crippen molar-refractivity contribution in [1.29, 1.82) is 0 Å². The van der Waals surface area contributed by atoms with Gasteiger partial charge in [0, 0.05) is 25.2 Å². The molecule has 0 aliphatic carbocycles. The summed E-state index contributed by atoms with van der Waals surface area (Å²) in [7, 11) is 2.17. The molecule has 3 nitrogen and oxygen atoms in total. The maximum Gasteiger partial charge on any atom is 0.0506 e. The van der Waals surface area contributed by atoms with Crippen LogP contribution in [-0.2, 0) is 4.74 Å². The van der Waals surface area contributed by atoms with E-state index in [0.29, 0.717) is 12.0 Å². The van der Waals surface area contributed by atoms with E-state index in [1.165, 1.54) is 18.4 Å². The van der Waals surface area contributed by atoms with Gasteiger partial charge in [-0.05, 0) is 38.3 Å². The van der Waals surface area contributed by atoms with Crippen LogP contribution in [0.15, 0.2) is 30.3 Å². The highest BCUT2D eigenvalue weighted by atomic mass is 16.5. The molecule has 1 aromatic carbocycles. The Kier molecular flexibility index (Phi) is 5.37. The molecule has 0 radical (unpaired) electrons. The molecular formula is C16H26N2O. The maximum absolute atomic E-state index is 6.37. The first-order chi connectivity index (χ1) is 9.18. The van der Waals surface area contributed by atoms with Crippen LogP contribution in [0.3, 0.4) is 0 Å². The molecule has 0 amide bonds. The highest BCUT2D eigenvalue weighted by Crippen LogP contribution is 2.20. The zero-order chi connectivity index (χ0) is 13.7. The third kappa shape index (κ3) is 4.03. The average molecular weight is 262 g/mol. The number of nitrogens with zero attached hydrogens (tertiary/aromatic N) is 1. The predicted octanol–water partition coefficient (Wildman–Crippen LogP) is 2.43. The Morgan fingerprint density at radius 2 is 2.11 bits per heavy atom. The van der Waals surface area contributed by atoms with E-state index in [4.69, 9.17) is 10.5 Å². The van der Waals surface area contributed by atoms with E-state index in [-0.39, 0.29) is 6.04 Å². The molecule has 0 aromatic heterocycles. The van der Waals surface area contributed by atoms with Gasteiger partial charge in [0.15, 0.2) is 0 Å². The molecule has 1 heterocycles. The fraction of sp³-hybridized carbons (Fsp3) is 0.625. The van der Waals surface area contributed by atoms with Crippen molar-refractivity contribution in [3.63, 3.8) is 0 Å². The lowest BCUT2D eigenvalue weighted by Gasteiger charge is -2.34. The van der Waals surface area contributed by atoms with Crippen molar-refractivity contribution in [1.82, 2.24) is 4.90 Å². The highest BCUT2D eigenvalue weighted by molar-refractivity contribution is 5.19. The van der Waals surface area contributed by atoms with E-state index >= 15 is 0 Å². The van der Waals surface area contributed by atoms with Gasteiger partial charge in [-0.2, -0.15) is 0 Å². The van der Waals surface area contributed by atoms with Gasteiger partial charge in [0.2, 0.25) is 0 Å². The number of rotatable bonds is 5. The summed E-state index contributed by atoms with van der Waals surface area (Å²) in [4.78, 5) is 2.37. The molecule has 0 bridgehead atoms. The number of likely N-dealkylation sites (N-methyl/N-ethyl adjacent to an activating group) is 1. The summed E-state index contributed by atoms with van der Waals surface area (Å²) in [6.07, 6.45) is 2.47. The average Bonchev–Trinajstić information content (AvgIpc) is 2.47. The molecule has 1 aliphatic rings. The molecule has 106 valence electrons. The number of ether oxygens (including phenoxy) is 1. The summed E-state index contributed by atoms with van der Waals surface area (Å²) >= 11 is 0. The molecule has 3 atom stereocenters. The molecule has 0 spiro atoms. The van der Waals surface area contributed by atoms with Crippen LogP contribution >= 0.6 is 0 Å². The van der Waals surface area contributed by atoms with Crippen molar-refractivity contribution in [2.45, 2.75) is 31.8 Å². The Labute approximate surface area is 116 Å². The number of nitrogens with two attached hydrogens (primary N) is 1. The summed E-state index contributed by atoms with van der Waals surface area (Å²) in [5.41, 5.74) is 7.58. The summed E-state index contributed by atoms with van der Waals surface area (Å²) in [5, 5.41) is 0.